The molecule has 6 heteroatoms. The minimum absolute atomic E-state index is 0.196. The predicted octanol–water partition coefficient (Wildman–Crippen LogP) is 4.46. The lowest BCUT2D eigenvalue weighted by atomic mass is 9.74. The average Bonchev–Trinajstić information content (AvgIpc) is 2.56. The summed E-state index contributed by atoms with van der Waals surface area (Å²) in [6, 6.07) is 7.52. The molecule has 0 radical (unpaired) electrons. The van der Waals surface area contributed by atoms with Gasteiger partial charge in [0.15, 0.2) is 0 Å². The standard InChI is InChI=1S/C20H28ClNO4/c1-5-25-17(23)20(14-15-6-8-16(21)9-7-15)10-12-22(13-11-20)18(24)26-19(2,3)4/h6-9H,5,10-14H2,1-4H3. The van der Waals surface area contributed by atoms with Crippen LogP contribution in [0.3, 0.4) is 0 Å². The predicted molar refractivity (Wildman–Crippen MR) is 101 cm³/mol. The molecule has 1 aliphatic heterocycles. The summed E-state index contributed by atoms with van der Waals surface area (Å²) >= 11 is 5.96. The van der Waals surface area contributed by atoms with Crippen molar-refractivity contribution in [1.29, 1.82) is 0 Å². The summed E-state index contributed by atoms with van der Waals surface area (Å²) in [6.45, 7) is 8.64. The van der Waals surface area contributed by atoms with Gasteiger partial charge in [0.25, 0.3) is 0 Å². The highest BCUT2D eigenvalue weighted by Gasteiger charge is 2.44. The number of halogens is 1. The summed E-state index contributed by atoms with van der Waals surface area (Å²) in [5.74, 6) is -0.196. The van der Waals surface area contributed by atoms with Gasteiger partial charge >= 0.3 is 12.1 Å². The van der Waals surface area contributed by atoms with Crippen molar-refractivity contribution in [3.8, 4) is 0 Å². The monoisotopic (exact) mass is 381 g/mol. The van der Waals surface area contributed by atoms with Crippen LogP contribution in [0.25, 0.3) is 0 Å². The molecule has 0 atom stereocenters. The Morgan fingerprint density at radius 1 is 1.15 bits per heavy atom. The van der Waals surface area contributed by atoms with Crippen LogP contribution in [0.15, 0.2) is 24.3 Å². The maximum Gasteiger partial charge on any atom is 0.410 e. The lowest BCUT2D eigenvalue weighted by Crippen LogP contribution is -2.49. The van der Waals surface area contributed by atoms with E-state index in [1.54, 1.807) is 4.90 Å². The van der Waals surface area contributed by atoms with Crippen molar-refractivity contribution in [3.63, 3.8) is 0 Å². The minimum Gasteiger partial charge on any atom is -0.466 e. The van der Waals surface area contributed by atoms with E-state index in [0.717, 1.165) is 5.56 Å². The van der Waals surface area contributed by atoms with Crippen LogP contribution in [-0.2, 0) is 20.7 Å². The topological polar surface area (TPSA) is 55.8 Å². The number of ether oxygens (including phenoxy) is 2. The van der Waals surface area contributed by atoms with Crippen LogP contribution in [0.2, 0.25) is 5.02 Å². The number of rotatable bonds is 4. The molecular weight excluding hydrogens is 354 g/mol. The Morgan fingerprint density at radius 3 is 2.23 bits per heavy atom. The SMILES string of the molecule is CCOC(=O)C1(Cc2ccc(Cl)cc2)CCN(C(=O)OC(C)(C)C)CC1. The fourth-order valence-electron chi connectivity index (χ4n) is 3.17. The molecule has 1 amide bonds. The lowest BCUT2D eigenvalue weighted by molar-refractivity contribution is -0.158. The number of benzene rings is 1. The van der Waals surface area contributed by atoms with Crippen LogP contribution >= 0.6 is 11.6 Å². The van der Waals surface area contributed by atoms with E-state index in [0.29, 0.717) is 44.0 Å². The number of carbonyl (C=O) groups excluding carboxylic acids is 2. The highest BCUT2D eigenvalue weighted by Crippen LogP contribution is 2.37. The second kappa shape index (κ2) is 8.30. The van der Waals surface area contributed by atoms with E-state index < -0.39 is 11.0 Å². The molecule has 144 valence electrons. The van der Waals surface area contributed by atoms with E-state index in [1.807, 2.05) is 52.0 Å². The molecule has 2 rings (SSSR count). The van der Waals surface area contributed by atoms with Gasteiger partial charge in [0.05, 0.1) is 12.0 Å². The van der Waals surface area contributed by atoms with E-state index in [1.165, 1.54) is 0 Å². The highest BCUT2D eigenvalue weighted by molar-refractivity contribution is 6.30. The van der Waals surface area contributed by atoms with E-state index in [9.17, 15) is 9.59 Å². The number of hydrogen-bond acceptors (Lipinski definition) is 4. The van der Waals surface area contributed by atoms with Crippen LogP contribution in [0.4, 0.5) is 4.79 Å². The first-order valence-electron chi connectivity index (χ1n) is 9.05. The van der Waals surface area contributed by atoms with Crippen molar-refractivity contribution >= 4 is 23.7 Å². The third-order valence-corrected chi connectivity index (χ3v) is 4.79. The number of carbonyl (C=O) groups is 2. The molecule has 1 saturated heterocycles. The molecule has 0 saturated carbocycles. The van der Waals surface area contributed by atoms with Crippen molar-refractivity contribution in [1.82, 2.24) is 4.90 Å². The Hall–Kier alpha value is -1.75. The summed E-state index contributed by atoms with van der Waals surface area (Å²) in [5.41, 5.74) is -0.119. The van der Waals surface area contributed by atoms with Crippen molar-refractivity contribution in [2.45, 2.75) is 52.6 Å². The van der Waals surface area contributed by atoms with Gasteiger partial charge in [0.1, 0.15) is 5.60 Å². The Morgan fingerprint density at radius 2 is 1.73 bits per heavy atom. The minimum atomic E-state index is -0.623. The van der Waals surface area contributed by atoms with E-state index in [-0.39, 0.29) is 12.1 Å². The van der Waals surface area contributed by atoms with E-state index in [4.69, 9.17) is 21.1 Å². The maximum atomic E-state index is 12.7. The molecule has 5 nitrogen and oxygen atoms in total. The van der Waals surface area contributed by atoms with Crippen molar-refractivity contribution in [3.05, 3.63) is 34.9 Å². The first-order chi connectivity index (χ1) is 12.1. The molecule has 0 unspecified atom stereocenters. The number of esters is 1. The van der Waals surface area contributed by atoms with Gasteiger partial charge in [-0.25, -0.2) is 4.79 Å². The molecule has 0 spiro atoms. The molecule has 0 aromatic heterocycles. The largest absolute Gasteiger partial charge is 0.466 e. The fourth-order valence-corrected chi connectivity index (χ4v) is 3.30. The Balaban J connectivity index is 2.11. The number of nitrogens with zero attached hydrogens (tertiary/aromatic N) is 1. The molecular formula is C20H28ClNO4. The fraction of sp³-hybridized carbons (Fsp3) is 0.600. The van der Waals surface area contributed by atoms with Crippen molar-refractivity contribution in [2.24, 2.45) is 5.41 Å². The molecule has 1 fully saturated rings. The van der Waals surface area contributed by atoms with Gasteiger partial charge in [-0.15, -0.1) is 0 Å². The smallest absolute Gasteiger partial charge is 0.410 e. The van der Waals surface area contributed by atoms with Crippen LogP contribution in [-0.4, -0.2) is 42.3 Å². The zero-order chi connectivity index (χ0) is 19.4. The zero-order valence-electron chi connectivity index (χ0n) is 16.0. The first-order valence-corrected chi connectivity index (χ1v) is 9.42. The lowest BCUT2D eigenvalue weighted by Gasteiger charge is -2.40. The average molecular weight is 382 g/mol. The van der Waals surface area contributed by atoms with Crippen LogP contribution in [0, 0.1) is 5.41 Å². The molecule has 1 heterocycles. The third kappa shape index (κ3) is 5.37. The molecule has 26 heavy (non-hydrogen) atoms. The normalized spacial score (nSPS) is 16.9. The molecule has 0 bridgehead atoms. The Labute approximate surface area is 160 Å². The van der Waals surface area contributed by atoms with Gasteiger partial charge in [-0.1, -0.05) is 23.7 Å². The Kier molecular flexibility index (Phi) is 6.56. The summed E-state index contributed by atoms with van der Waals surface area (Å²) in [5, 5.41) is 0.665. The summed E-state index contributed by atoms with van der Waals surface area (Å²) < 4.78 is 10.8. The highest BCUT2D eigenvalue weighted by atomic mass is 35.5. The molecule has 1 aliphatic rings. The number of likely N-dealkylation sites (tertiary alicyclic amines) is 1. The second-order valence-corrected chi connectivity index (χ2v) is 8.21. The maximum absolute atomic E-state index is 12.7. The van der Waals surface area contributed by atoms with Crippen molar-refractivity contribution in [2.75, 3.05) is 19.7 Å². The Bertz CT molecular complexity index is 628. The number of amides is 1. The molecule has 1 aromatic carbocycles. The number of piperidine rings is 1. The zero-order valence-corrected chi connectivity index (χ0v) is 16.8. The van der Waals surface area contributed by atoms with Crippen LogP contribution < -0.4 is 0 Å². The van der Waals surface area contributed by atoms with E-state index in [2.05, 4.69) is 0 Å². The van der Waals surface area contributed by atoms with Gasteiger partial charge in [0, 0.05) is 18.1 Å². The van der Waals surface area contributed by atoms with Gasteiger partial charge < -0.3 is 14.4 Å². The van der Waals surface area contributed by atoms with Crippen molar-refractivity contribution < 1.29 is 19.1 Å². The second-order valence-electron chi connectivity index (χ2n) is 7.77. The molecule has 0 aliphatic carbocycles. The van der Waals surface area contributed by atoms with Gasteiger partial charge in [-0.2, -0.15) is 0 Å². The third-order valence-electron chi connectivity index (χ3n) is 4.54. The van der Waals surface area contributed by atoms with Crippen LogP contribution in [0.1, 0.15) is 46.1 Å². The summed E-state index contributed by atoms with van der Waals surface area (Å²) in [7, 11) is 0. The molecule has 1 aromatic rings. The number of hydrogen-bond donors (Lipinski definition) is 0. The van der Waals surface area contributed by atoms with Gasteiger partial charge in [0.2, 0.25) is 0 Å². The molecule has 0 N–H and O–H groups in total. The van der Waals surface area contributed by atoms with E-state index >= 15 is 0 Å². The first kappa shape index (κ1) is 20.6. The quantitative estimate of drug-likeness (QED) is 0.722. The van der Waals surface area contributed by atoms with Gasteiger partial charge in [-0.05, 0) is 64.7 Å². The van der Waals surface area contributed by atoms with Crippen LogP contribution in [0.5, 0.6) is 0 Å². The summed E-state index contributed by atoms with van der Waals surface area (Å²) in [4.78, 5) is 26.7. The summed E-state index contributed by atoms with van der Waals surface area (Å²) in [6.07, 6.45) is 1.34. The van der Waals surface area contributed by atoms with Gasteiger partial charge in [-0.3, -0.25) is 4.79 Å².